The van der Waals surface area contributed by atoms with Crippen molar-refractivity contribution in [1.29, 1.82) is 0 Å². The summed E-state index contributed by atoms with van der Waals surface area (Å²) in [4.78, 5) is 38.5. The van der Waals surface area contributed by atoms with Crippen LogP contribution < -0.4 is 16.3 Å². The van der Waals surface area contributed by atoms with E-state index in [1.54, 1.807) is 18.2 Å². The number of benzene rings is 2. The van der Waals surface area contributed by atoms with Crippen LogP contribution >= 0.6 is 0 Å². The number of hydrogen-bond donors (Lipinski definition) is 4. The van der Waals surface area contributed by atoms with Gasteiger partial charge in [-0.05, 0) is 56.0 Å². The Bertz CT molecular complexity index is 1270. The van der Waals surface area contributed by atoms with Gasteiger partial charge in [0.05, 0.1) is 0 Å². The number of amides is 3. The Kier molecular flexibility index (Phi) is 22.9. The van der Waals surface area contributed by atoms with Crippen LogP contribution in [0, 0.1) is 12.8 Å². The smallest absolute Gasteiger partial charge is 0.418 e. The van der Waals surface area contributed by atoms with Crippen molar-refractivity contribution in [3.63, 3.8) is 0 Å². The number of rotatable bonds is 15. The van der Waals surface area contributed by atoms with Crippen LogP contribution in [0.3, 0.4) is 0 Å². The predicted octanol–water partition coefficient (Wildman–Crippen LogP) is 6.65. The third kappa shape index (κ3) is 14.5. The van der Waals surface area contributed by atoms with Crippen molar-refractivity contribution >= 4 is 31.6 Å². The summed E-state index contributed by atoms with van der Waals surface area (Å²) >= 11 is 0. The molecule has 10 nitrogen and oxygen atoms in total. The number of imide groups is 1. The average Bonchev–Trinajstić information content (AvgIpc) is 3.55. The van der Waals surface area contributed by atoms with Gasteiger partial charge in [-0.15, -0.1) is 6.54 Å². The monoisotopic (exact) mass is 860 g/mol. The van der Waals surface area contributed by atoms with Gasteiger partial charge in [0, 0.05) is 51.9 Å². The molecule has 2 aliphatic carbocycles. The number of nitrogens with zero attached hydrogens (tertiary/aromatic N) is 1. The van der Waals surface area contributed by atoms with Crippen LogP contribution in [-0.4, -0.2) is 62.1 Å². The maximum Gasteiger partial charge on any atom is 0.418 e. The molecule has 2 aromatic rings. The van der Waals surface area contributed by atoms with Crippen molar-refractivity contribution in [2.75, 3.05) is 32.0 Å². The molecule has 5 rings (SSSR count). The van der Waals surface area contributed by atoms with Crippen molar-refractivity contribution in [3.8, 4) is 0 Å². The molecule has 276 valence electrons. The fraction of sp³-hybridized carbons (Fsp3) is 0.605. The van der Waals surface area contributed by atoms with Crippen molar-refractivity contribution < 1.29 is 45.3 Å². The molecular formula is C38H59BN5O5W-. The zero-order valence-corrected chi connectivity index (χ0v) is 33.4. The van der Waals surface area contributed by atoms with E-state index in [0.29, 0.717) is 43.8 Å². The van der Waals surface area contributed by atoms with E-state index < -0.39 is 23.5 Å². The number of aryl methyl sites for hydroxylation is 2. The third-order valence-electron chi connectivity index (χ3n) is 9.04. The standard InChI is InChI=1S/C21H21N3O4.C10H22BNO.C5H10N.C2H6.W/c1-13-2-4-14(5-3-13)11-23-18(25)12-24-19(26)21(28-20(24)27)9-8-15-10-16(22)6-7-17(15)21;11-12-9-7-5-3-1-2-4-6-8-10-13;6-4-5-2-1-3-5;1-2;/h2-7,10H,8-9,11-12,22H2,1H3,(H,23,25);12-13H,1-10H2;5-6H,1-4H2;1-2H3;/q;;-1;;. The first kappa shape index (κ1) is 45.3. The number of aliphatic hydroxyl groups is 1. The van der Waals surface area contributed by atoms with Gasteiger partial charge in [-0.3, -0.25) is 9.59 Å². The summed E-state index contributed by atoms with van der Waals surface area (Å²) in [6.07, 6.45) is 14.0. The second-order valence-corrected chi connectivity index (χ2v) is 12.8. The van der Waals surface area contributed by atoms with Crippen molar-refractivity contribution in [3.05, 3.63) is 70.5 Å². The zero-order valence-electron chi connectivity index (χ0n) is 30.4. The molecule has 2 aromatic carbocycles. The Morgan fingerprint density at radius 1 is 1.02 bits per heavy atom. The van der Waals surface area contributed by atoms with Crippen molar-refractivity contribution in [2.24, 2.45) is 5.92 Å². The predicted molar refractivity (Wildman–Crippen MR) is 198 cm³/mol. The molecule has 3 amide bonds. The maximum atomic E-state index is 13.0. The largest absolute Gasteiger partial charge is 0.677 e. The Labute approximate surface area is 315 Å². The Balaban J connectivity index is 0.000000473. The van der Waals surface area contributed by atoms with E-state index in [1.165, 1.54) is 64.2 Å². The summed E-state index contributed by atoms with van der Waals surface area (Å²) in [6.45, 7) is 7.89. The van der Waals surface area contributed by atoms with Crippen molar-refractivity contribution in [2.45, 2.75) is 116 Å². The summed E-state index contributed by atoms with van der Waals surface area (Å²) in [5, 5.41) is 13.9. The first-order valence-electron chi connectivity index (χ1n) is 18.2. The molecule has 6 N–H and O–H groups in total. The summed E-state index contributed by atoms with van der Waals surface area (Å²) in [6, 6.07) is 13.0. The number of carbonyl (C=O) groups excluding carboxylic acids is 3. The van der Waals surface area contributed by atoms with E-state index in [0.717, 1.165) is 40.5 Å². The van der Waals surface area contributed by atoms with Gasteiger partial charge in [0.25, 0.3) is 5.91 Å². The molecule has 1 unspecified atom stereocenters. The summed E-state index contributed by atoms with van der Waals surface area (Å²) in [7, 11) is 5.15. The van der Waals surface area contributed by atoms with Crippen LogP contribution in [-0.2, 0) is 54.0 Å². The molecule has 50 heavy (non-hydrogen) atoms. The van der Waals surface area contributed by atoms with Crippen LogP contribution in [0.2, 0.25) is 0 Å². The SMILES string of the molecule is CC.Cc1ccc(CNC(=O)CN2C(=O)OC3(CCc4cc(N)ccc43)C2=O)cc1.[B]NCCCCCCCCCCO.[NH-]CC1CCC1.[W]. The van der Waals surface area contributed by atoms with Gasteiger partial charge in [0.15, 0.2) is 7.98 Å². The molecule has 3 aliphatic rings. The van der Waals surface area contributed by atoms with Gasteiger partial charge in [0.2, 0.25) is 11.5 Å². The average molecular weight is 861 g/mol. The summed E-state index contributed by atoms with van der Waals surface area (Å²) in [5.41, 5.74) is 15.5. The molecule has 1 atom stereocenters. The van der Waals surface area contributed by atoms with E-state index in [4.69, 9.17) is 29.3 Å². The fourth-order valence-corrected chi connectivity index (χ4v) is 5.88. The first-order valence-corrected chi connectivity index (χ1v) is 18.2. The molecule has 1 saturated carbocycles. The number of fused-ring (bicyclic) bond motifs is 2. The van der Waals surface area contributed by atoms with E-state index >= 15 is 0 Å². The number of unbranched alkanes of at least 4 members (excludes halogenated alkanes) is 7. The third-order valence-corrected chi connectivity index (χ3v) is 9.04. The molecule has 1 spiro atoms. The number of ether oxygens (including phenoxy) is 1. The van der Waals surface area contributed by atoms with Gasteiger partial charge < -0.3 is 31.9 Å². The number of anilines is 1. The van der Waals surface area contributed by atoms with Crippen molar-refractivity contribution in [1.82, 2.24) is 15.4 Å². The van der Waals surface area contributed by atoms with Crippen LogP contribution in [0.1, 0.15) is 113 Å². The molecule has 1 aliphatic heterocycles. The normalized spacial score (nSPS) is 17.1. The van der Waals surface area contributed by atoms with Crippen LogP contribution in [0.5, 0.6) is 0 Å². The van der Waals surface area contributed by atoms with Gasteiger partial charge in [-0.2, -0.15) is 0 Å². The number of carbonyl (C=O) groups is 3. The minimum absolute atomic E-state index is 0. The second-order valence-electron chi connectivity index (χ2n) is 12.8. The summed E-state index contributed by atoms with van der Waals surface area (Å²) in [5.74, 6) is -0.130. The molecular weight excluding hydrogens is 801 g/mol. The minimum Gasteiger partial charge on any atom is -0.677 e. The molecule has 1 saturated heterocycles. The Morgan fingerprint density at radius 2 is 1.64 bits per heavy atom. The molecule has 2 radical (unpaired) electrons. The van der Waals surface area contributed by atoms with E-state index in [2.05, 4.69) is 10.5 Å². The van der Waals surface area contributed by atoms with Crippen LogP contribution in [0.4, 0.5) is 10.5 Å². The number of nitrogen functional groups attached to an aromatic ring is 1. The van der Waals surface area contributed by atoms with E-state index in [1.807, 2.05) is 45.0 Å². The number of nitrogens with one attached hydrogen (secondary N) is 3. The van der Waals surface area contributed by atoms with Gasteiger partial charge >= 0.3 is 6.09 Å². The molecule has 12 heteroatoms. The molecule has 2 fully saturated rings. The Hall–Kier alpha value is -2.72. The number of nitrogens with two attached hydrogens (primary N) is 1. The Morgan fingerprint density at radius 3 is 2.18 bits per heavy atom. The second kappa shape index (κ2) is 25.3. The maximum absolute atomic E-state index is 13.0. The van der Waals surface area contributed by atoms with Gasteiger partial charge in [0.1, 0.15) is 6.54 Å². The zero-order chi connectivity index (χ0) is 36.1. The van der Waals surface area contributed by atoms with Crippen LogP contribution in [0.15, 0.2) is 42.5 Å². The quantitative estimate of drug-likeness (QED) is 0.0888. The first-order chi connectivity index (χ1) is 23.7. The number of aliphatic hydroxyl groups excluding tert-OH is 1. The minimum atomic E-state index is -1.34. The topological polar surface area (TPSA) is 158 Å². The molecule has 0 aromatic heterocycles. The van der Waals surface area contributed by atoms with E-state index in [9.17, 15) is 14.4 Å². The van der Waals surface area contributed by atoms with Gasteiger partial charge in [-0.25, -0.2) is 9.69 Å². The summed E-state index contributed by atoms with van der Waals surface area (Å²) < 4.78 is 5.49. The molecule has 1 heterocycles. The fourth-order valence-electron chi connectivity index (χ4n) is 5.88. The van der Waals surface area contributed by atoms with Crippen LogP contribution in [0.25, 0.3) is 5.73 Å². The molecule has 0 bridgehead atoms. The van der Waals surface area contributed by atoms with Gasteiger partial charge in [-0.1, -0.05) is 113 Å². The number of hydrogen-bond acceptors (Lipinski definition) is 7. The van der Waals surface area contributed by atoms with E-state index in [-0.39, 0.29) is 27.6 Å².